The van der Waals surface area contributed by atoms with Crippen LogP contribution in [-0.4, -0.2) is 29.6 Å². The Balaban J connectivity index is 0.000000358. The van der Waals surface area contributed by atoms with Crippen molar-refractivity contribution in [2.24, 2.45) is 43.3 Å². The van der Waals surface area contributed by atoms with Crippen LogP contribution < -0.4 is 40.2 Å². The summed E-state index contributed by atoms with van der Waals surface area (Å²) in [5, 5.41) is 66.4. The summed E-state index contributed by atoms with van der Waals surface area (Å²) in [7, 11) is -12.7. The van der Waals surface area contributed by atoms with Gasteiger partial charge in [-0.15, -0.1) is 0 Å². The molecule has 0 amide bonds. The number of fused-ring (bicyclic) bond motifs is 8. The minimum Gasteiger partial charge on any atom is -0.867 e. The molecule has 0 aromatic rings. The van der Waals surface area contributed by atoms with Gasteiger partial charge in [0.2, 0.25) is 0 Å². The number of halogens is 4. The van der Waals surface area contributed by atoms with Gasteiger partial charge in [0.25, 0.3) is 0 Å². The second-order valence-electron chi connectivity index (χ2n) is 18.3. The SMILES string of the molecule is CC1(C)C2=CCC1(C)[C]([Rh+2])=C2.CC1(C)C2=CCC1(C)[C]([Rh+2])=C2.CC1(C)C2=CCC1(C)[C]([Rh+2])=C2.CC1(C)C2=CCC1(C)[C]([Rh+2])=C2.[O-]B([O-])F.[O-]B([O-])F.[O-]B([O-])F.[O-]B([O-])F. The first kappa shape index (κ1) is 58.1. The first-order chi connectivity index (χ1) is 26.9. The van der Waals surface area contributed by atoms with Crippen LogP contribution in [-0.2, 0) is 73.2 Å². The molecular formula is C40H52B4F4O8Rh4. The van der Waals surface area contributed by atoms with Crippen LogP contribution in [0.4, 0.5) is 17.3 Å². The van der Waals surface area contributed by atoms with E-state index in [0.29, 0.717) is 43.3 Å². The summed E-state index contributed by atoms with van der Waals surface area (Å²) in [5.74, 6) is 0. The second kappa shape index (κ2) is 21.6. The molecule has 8 nitrogen and oxygen atoms in total. The molecule has 0 aromatic carbocycles. The van der Waals surface area contributed by atoms with Gasteiger partial charge in [0.15, 0.2) is 0 Å². The Labute approximate surface area is 396 Å². The zero-order valence-electron chi connectivity index (χ0n) is 35.9. The van der Waals surface area contributed by atoms with Crippen LogP contribution in [0.15, 0.2) is 87.6 Å². The zero-order chi connectivity index (χ0) is 47.4. The summed E-state index contributed by atoms with van der Waals surface area (Å²) in [6.07, 6.45) is 23.7. The van der Waals surface area contributed by atoms with Gasteiger partial charge >= 0.3 is 313 Å². The average molecular weight is 1190 g/mol. The van der Waals surface area contributed by atoms with E-state index in [2.05, 4.69) is 205 Å². The van der Waals surface area contributed by atoms with Crippen molar-refractivity contribution < 1.29 is 131 Å². The van der Waals surface area contributed by atoms with Crippen molar-refractivity contribution in [1.82, 2.24) is 0 Å². The van der Waals surface area contributed by atoms with Crippen molar-refractivity contribution >= 4 is 29.6 Å². The predicted molar refractivity (Wildman–Crippen MR) is 198 cm³/mol. The molecule has 0 saturated heterocycles. The third-order valence-corrected chi connectivity index (χ3v) is 19.0. The normalized spacial score (nSPS) is 30.3. The standard InChI is InChI=1S/4C10H13.4BFO2.4Rh/c4*1-9(2)8-4-6-10(9,3)7-5-8;4*2-1(3)4;;;;/h4*4-5H,6H2,1-3H3;;;;;;;;/q;;;;4*-2;4*+2. The van der Waals surface area contributed by atoms with Crippen molar-refractivity contribution in [1.29, 1.82) is 0 Å². The molecule has 20 heteroatoms. The molecule has 0 fully saturated rings. The summed E-state index contributed by atoms with van der Waals surface area (Å²) in [6.45, 7) is 28.2. The van der Waals surface area contributed by atoms with Crippen molar-refractivity contribution in [3.05, 3.63) is 87.6 Å². The van der Waals surface area contributed by atoms with Gasteiger partial charge in [-0.1, -0.05) is 0 Å². The molecule has 0 radical (unpaired) electrons. The van der Waals surface area contributed by atoms with Crippen LogP contribution in [0.2, 0.25) is 0 Å². The number of hydrogen-bond donors (Lipinski definition) is 0. The Bertz CT molecular complexity index is 1550. The second-order valence-corrected chi connectivity index (χ2v) is 21.8. The molecule has 8 aliphatic rings. The zero-order valence-corrected chi connectivity index (χ0v) is 42.4. The number of rotatable bonds is 0. The molecular weight excluding hydrogens is 1140 g/mol. The first-order valence-electron chi connectivity index (χ1n) is 18.9. The van der Waals surface area contributed by atoms with Gasteiger partial charge < -0.3 is 57.5 Å². The van der Waals surface area contributed by atoms with E-state index in [1.54, 1.807) is 0 Å². The quantitative estimate of drug-likeness (QED) is 0.260. The third kappa shape index (κ3) is 12.3. The van der Waals surface area contributed by atoms with Gasteiger partial charge in [-0.25, -0.2) is 0 Å². The largest absolute Gasteiger partial charge is 0.867 e. The van der Waals surface area contributed by atoms with Gasteiger partial charge in [-0.05, 0) is 0 Å². The summed E-state index contributed by atoms with van der Waals surface area (Å²) in [4.78, 5) is 0. The van der Waals surface area contributed by atoms with Crippen LogP contribution in [0.25, 0.3) is 0 Å². The Hall–Kier alpha value is 0.0732. The Morgan fingerprint density at radius 3 is 0.500 bits per heavy atom. The van der Waals surface area contributed by atoms with E-state index >= 15 is 0 Å². The number of allylic oxidation sites excluding steroid dienone is 16. The van der Waals surface area contributed by atoms with E-state index < -0.39 is 29.6 Å². The molecule has 8 aliphatic carbocycles. The molecule has 0 heterocycles. The van der Waals surface area contributed by atoms with Crippen molar-refractivity contribution in [3.8, 4) is 0 Å². The van der Waals surface area contributed by atoms with Gasteiger partial charge in [0.05, 0.1) is 0 Å². The summed E-state index contributed by atoms with van der Waals surface area (Å²) >= 11 is 12.3. The fraction of sp³-hybridized carbons (Fsp3) is 0.600. The number of hydrogen-bond acceptors (Lipinski definition) is 8. The van der Waals surface area contributed by atoms with E-state index in [1.165, 1.54) is 64.6 Å². The maximum absolute atomic E-state index is 9.89. The van der Waals surface area contributed by atoms with Gasteiger partial charge in [-0.2, -0.15) is 0 Å². The maximum Gasteiger partial charge on any atom is 0.121 e. The maximum atomic E-state index is 9.89. The smallest absolute Gasteiger partial charge is 0.121 e. The van der Waals surface area contributed by atoms with Crippen molar-refractivity contribution in [3.63, 3.8) is 0 Å². The van der Waals surface area contributed by atoms with Crippen LogP contribution >= 0.6 is 0 Å². The Kier molecular flexibility index (Phi) is 20.9. The molecule has 0 saturated carbocycles. The topological polar surface area (TPSA) is 184 Å². The molecule has 4 unspecified atom stereocenters. The van der Waals surface area contributed by atoms with E-state index in [-0.39, 0.29) is 0 Å². The average Bonchev–Trinajstić information content (AvgIpc) is 3.80. The molecule has 0 aromatic heterocycles. The summed E-state index contributed by atoms with van der Waals surface area (Å²) in [6, 6.07) is 0. The van der Waals surface area contributed by atoms with Gasteiger partial charge in [0.1, 0.15) is 29.6 Å². The van der Waals surface area contributed by atoms with E-state index in [9.17, 15) is 17.3 Å². The fourth-order valence-electron chi connectivity index (χ4n) is 8.19. The molecule has 336 valence electrons. The van der Waals surface area contributed by atoms with Crippen LogP contribution in [0.3, 0.4) is 0 Å². The molecule has 8 bridgehead atoms. The van der Waals surface area contributed by atoms with Crippen LogP contribution in [0, 0.1) is 43.3 Å². The fourth-order valence-corrected chi connectivity index (χ4v) is 11.9. The third-order valence-electron chi connectivity index (χ3n) is 14.4. The first-order valence-corrected chi connectivity index (χ1v) is 22.2. The monoisotopic (exact) mass is 1190 g/mol. The van der Waals surface area contributed by atoms with Crippen LogP contribution in [0.1, 0.15) is 109 Å². The van der Waals surface area contributed by atoms with E-state index in [0.717, 1.165) is 0 Å². The minimum absolute atomic E-state index is 0.372. The summed E-state index contributed by atoms with van der Waals surface area (Å²) < 4.78 is 45.4. The molecule has 0 spiro atoms. The van der Waals surface area contributed by atoms with Crippen molar-refractivity contribution in [2.75, 3.05) is 0 Å². The van der Waals surface area contributed by atoms with E-state index in [4.69, 9.17) is 40.2 Å². The predicted octanol–water partition coefficient (Wildman–Crippen LogP) is 1.82. The Morgan fingerprint density at radius 2 is 0.467 bits per heavy atom. The summed E-state index contributed by atoms with van der Waals surface area (Å²) in [5.41, 5.74) is 9.13. The molecule has 8 rings (SSSR count). The molecule has 60 heavy (non-hydrogen) atoms. The van der Waals surface area contributed by atoms with Crippen LogP contribution in [0.5, 0.6) is 0 Å². The van der Waals surface area contributed by atoms with E-state index in [1.807, 2.05) is 0 Å². The van der Waals surface area contributed by atoms with Gasteiger partial charge in [-0.3, -0.25) is 0 Å². The molecule has 0 N–H and O–H groups in total. The molecule has 4 atom stereocenters. The minimum atomic E-state index is -3.17. The molecule has 0 aliphatic heterocycles. The Morgan fingerprint density at radius 1 is 0.350 bits per heavy atom. The van der Waals surface area contributed by atoms with Crippen molar-refractivity contribution in [2.45, 2.75) is 109 Å². The van der Waals surface area contributed by atoms with Gasteiger partial charge in [0, 0.05) is 0 Å².